The van der Waals surface area contributed by atoms with Gasteiger partial charge in [-0.15, -0.1) is 0 Å². The Bertz CT molecular complexity index is 202. The van der Waals surface area contributed by atoms with Crippen molar-refractivity contribution < 1.29 is 24.1 Å². The summed E-state index contributed by atoms with van der Waals surface area (Å²) in [5.74, 6) is 0. The summed E-state index contributed by atoms with van der Waals surface area (Å²) in [7, 11) is 1.64. The smallest absolute Gasteiger partial charge is 0.0975 e. The van der Waals surface area contributed by atoms with Crippen molar-refractivity contribution in [3.05, 3.63) is 0 Å². The van der Waals surface area contributed by atoms with E-state index in [1.165, 1.54) is 0 Å². The quantitative estimate of drug-likeness (QED) is 0.427. The van der Waals surface area contributed by atoms with E-state index in [4.69, 9.17) is 18.9 Å². The van der Waals surface area contributed by atoms with Gasteiger partial charge in [0.1, 0.15) is 0 Å². The predicted molar refractivity (Wildman–Crippen MR) is 78.1 cm³/mol. The van der Waals surface area contributed by atoms with Crippen LogP contribution in [0.1, 0.15) is 20.3 Å². The lowest BCUT2D eigenvalue weighted by molar-refractivity contribution is -0.0510. The monoisotopic (exact) mass is 293 g/mol. The van der Waals surface area contributed by atoms with Crippen molar-refractivity contribution in [1.82, 2.24) is 5.32 Å². The lowest BCUT2D eigenvalue weighted by atomic mass is 10.1. The molecule has 0 rings (SSSR count). The van der Waals surface area contributed by atoms with E-state index in [2.05, 4.69) is 12.2 Å². The fourth-order valence-electron chi connectivity index (χ4n) is 1.46. The number of hydrogen-bond acceptors (Lipinski definition) is 6. The summed E-state index contributed by atoms with van der Waals surface area (Å²) in [6, 6.07) is 0. The van der Waals surface area contributed by atoms with E-state index in [0.717, 1.165) is 13.0 Å². The van der Waals surface area contributed by atoms with E-state index in [1.807, 2.05) is 0 Å². The number of ether oxygens (including phenoxy) is 4. The third kappa shape index (κ3) is 14.2. The van der Waals surface area contributed by atoms with Gasteiger partial charge < -0.3 is 29.4 Å². The molecule has 0 fully saturated rings. The zero-order valence-corrected chi connectivity index (χ0v) is 13.2. The molecule has 0 aromatic rings. The highest BCUT2D eigenvalue weighted by Gasteiger charge is 2.19. The average Bonchev–Trinajstić information content (AvgIpc) is 2.41. The zero-order valence-electron chi connectivity index (χ0n) is 13.2. The van der Waals surface area contributed by atoms with Gasteiger partial charge in [-0.05, 0) is 19.9 Å². The van der Waals surface area contributed by atoms with Gasteiger partial charge in [0.15, 0.2) is 0 Å². The Morgan fingerprint density at radius 1 is 0.950 bits per heavy atom. The van der Waals surface area contributed by atoms with E-state index in [1.54, 1.807) is 14.0 Å². The second kappa shape index (κ2) is 13.7. The van der Waals surface area contributed by atoms with Crippen molar-refractivity contribution in [2.45, 2.75) is 25.9 Å². The first kappa shape index (κ1) is 19.8. The van der Waals surface area contributed by atoms with Crippen molar-refractivity contribution in [1.29, 1.82) is 0 Å². The molecule has 0 amide bonds. The van der Waals surface area contributed by atoms with Crippen molar-refractivity contribution in [3.63, 3.8) is 0 Å². The van der Waals surface area contributed by atoms with Crippen LogP contribution in [0.25, 0.3) is 0 Å². The minimum absolute atomic E-state index is 0.303. The number of nitrogens with one attached hydrogen (secondary N) is 1. The highest BCUT2D eigenvalue weighted by molar-refractivity contribution is 4.74. The fourth-order valence-corrected chi connectivity index (χ4v) is 1.46. The van der Waals surface area contributed by atoms with Crippen LogP contribution in [0, 0.1) is 0 Å². The van der Waals surface area contributed by atoms with Gasteiger partial charge in [0.2, 0.25) is 0 Å². The first-order valence-electron chi connectivity index (χ1n) is 7.27. The fraction of sp³-hybridized carbons (Fsp3) is 1.00. The Morgan fingerprint density at radius 2 is 1.50 bits per heavy atom. The lowest BCUT2D eigenvalue weighted by Crippen LogP contribution is -2.42. The Morgan fingerprint density at radius 3 is 2.05 bits per heavy atom. The van der Waals surface area contributed by atoms with Crippen molar-refractivity contribution in [3.8, 4) is 0 Å². The van der Waals surface area contributed by atoms with Crippen LogP contribution in [0.2, 0.25) is 0 Å². The van der Waals surface area contributed by atoms with Crippen LogP contribution in [-0.4, -0.2) is 77.2 Å². The second-order valence-corrected chi connectivity index (χ2v) is 4.94. The van der Waals surface area contributed by atoms with Gasteiger partial charge in [0, 0.05) is 13.7 Å². The van der Waals surface area contributed by atoms with Crippen LogP contribution in [0.5, 0.6) is 0 Å². The molecule has 0 heterocycles. The molecule has 0 spiro atoms. The van der Waals surface area contributed by atoms with E-state index in [-0.39, 0.29) is 0 Å². The minimum atomic E-state index is -0.835. The Balaban J connectivity index is 3.25. The second-order valence-electron chi connectivity index (χ2n) is 4.94. The van der Waals surface area contributed by atoms with Crippen LogP contribution in [-0.2, 0) is 18.9 Å². The Labute approximate surface area is 122 Å². The van der Waals surface area contributed by atoms with Crippen molar-refractivity contribution in [2.75, 3.05) is 66.4 Å². The molecular formula is C14H31NO5. The summed E-state index contributed by atoms with van der Waals surface area (Å²) >= 11 is 0. The maximum atomic E-state index is 10.0. The van der Waals surface area contributed by atoms with Crippen LogP contribution in [0.15, 0.2) is 0 Å². The highest BCUT2D eigenvalue weighted by atomic mass is 16.6. The van der Waals surface area contributed by atoms with Crippen LogP contribution in [0.3, 0.4) is 0 Å². The van der Waals surface area contributed by atoms with Crippen LogP contribution in [0.4, 0.5) is 0 Å². The SMILES string of the molecule is CCCNCC(C)(O)COCCOCCOCCOC. The van der Waals surface area contributed by atoms with Crippen molar-refractivity contribution in [2.24, 2.45) is 0 Å². The number of aliphatic hydroxyl groups is 1. The largest absolute Gasteiger partial charge is 0.386 e. The van der Waals surface area contributed by atoms with E-state index >= 15 is 0 Å². The predicted octanol–water partition coefficient (Wildman–Crippen LogP) is 0.433. The normalized spacial score (nSPS) is 14.4. The molecule has 6 heteroatoms. The van der Waals surface area contributed by atoms with Gasteiger partial charge in [0.05, 0.1) is 51.8 Å². The average molecular weight is 293 g/mol. The molecule has 0 bridgehead atoms. The van der Waals surface area contributed by atoms with Crippen LogP contribution >= 0.6 is 0 Å². The molecule has 0 aliphatic carbocycles. The lowest BCUT2D eigenvalue weighted by Gasteiger charge is -2.23. The van der Waals surface area contributed by atoms with Crippen LogP contribution < -0.4 is 5.32 Å². The molecule has 1 unspecified atom stereocenters. The zero-order chi connectivity index (χ0) is 15.1. The Hall–Kier alpha value is -0.240. The summed E-state index contributed by atoms with van der Waals surface area (Å²) in [5, 5.41) is 13.2. The molecule has 1 atom stereocenters. The minimum Gasteiger partial charge on any atom is -0.386 e. The number of hydrogen-bond donors (Lipinski definition) is 2. The summed E-state index contributed by atoms with van der Waals surface area (Å²) in [6.45, 7) is 8.87. The van der Waals surface area contributed by atoms with E-state index in [0.29, 0.717) is 52.8 Å². The Kier molecular flexibility index (Phi) is 13.6. The molecule has 6 nitrogen and oxygen atoms in total. The molecule has 0 saturated heterocycles. The topological polar surface area (TPSA) is 69.2 Å². The molecule has 0 aliphatic rings. The maximum Gasteiger partial charge on any atom is 0.0975 e. The van der Waals surface area contributed by atoms with Gasteiger partial charge in [-0.2, -0.15) is 0 Å². The van der Waals surface area contributed by atoms with Gasteiger partial charge >= 0.3 is 0 Å². The molecular weight excluding hydrogens is 262 g/mol. The third-order valence-electron chi connectivity index (χ3n) is 2.52. The van der Waals surface area contributed by atoms with Gasteiger partial charge in [0.25, 0.3) is 0 Å². The number of methoxy groups -OCH3 is 1. The molecule has 0 aliphatic heterocycles. The first-order chi connectivity index (χ1) is 9.62. The molecule has 122 valence electrons. The molecule has 0 aromatic carbocycles. The summed E-state index contributed by atoms with van der Waals surface area (Å²) < 4.78 is 20.8. The van der Waals surface area contributed by atoms with Gasteiger partial charge in [-0.1, -0.05) is 6.92 Å². The summed E-state index contributed by atoms with van der Waals surface area (Å²) in [4.78, 5) is 0. The number of rotatable bonds is 15. The van der Waals surface area contributed by atoms with Crippen molar-refractivity contribution >= 4 is 0 Å². The molecule has 0 saturated carbocycles. The third-order valence-corrected chi connectivity index (χ3v) is 2.52. The summed E-state index contributed by atoms with van der Waals surface area (Å²) in [6.07, 6.45) is 1.05. The van der Waals surface area contributed by atoms with E-state index in [9.17, 15) is 5.11 Å². The molecule has 0 radical (unpaired) electrons. The molecule has 0 aromatic heterocycles. The van der Waals surface area contributed by atoms with Gasteiger partial charge in [-0.3, -0.25) is 0 Å². The molecule has 2 N–H and O–H groups in total. The standard InChI is InChI=1S/C14H31NO5/c1-4-5-15-12-14(2,16)13-20-11-10-19-9-8-18-7-6-17-3/h15-16H,4-13H2,1-3H3. The first-order valence-corrected chi connectivity index (χ1v) is 7.27. The van der Waals surface area contributed by atoms with E-state index < -0.39 is 5.60 Å². The van der Waals surface area contributed by atoms with Gasteiger partial charge in [-0.25, -0.2) is 0 Å². The summed E-state index contributed by atoms with van der Waals surface area (Å²) in [5.41, 5.74) is -0.835. The highest BCUT2D eigenvalue weighted by Crippen LogP contribution is 2.02. The molecule has 20 heavy (non-hydrogen) atoms. The maximum absolute atomic E-state index is 10.0.